The third kappa shape index (κ3) is 2.76. The van der Waals surface area contributed by atoms with E-state index in [1.807, 2.05) is 12.1 Å². The maximum Gasteiger partial charge on any atom is 0.321 e. The van der Waals surface area contributed by atoms with E-state index in [0.29, 0.717) is 17.8 Å². The van der Waals surface area contributed by atoms with Crippen molar-refractivity contribution in [3.8, 4) is 0 Å². The van der Waals surface area contributed by atoms with E-state index in [-0.39, 0.29) is 11.7 Å². The van der Waals surface area contributed by atoms with Gasteiger partial charge in [-0.3, -0.25) is 14.9 Å². The summed E-state index contributed by atoms with van der Waals surface area (Å²) < 4.78 is 0. The Balaban J connectivity index is 1.67. The molecule has 1 saturated heterocycles. The predicted octanol–water partition coefficient (Wildman–Crippen LogP) is 1.40. The van der Waals surface area contributed by atoms with Gasteiger partial charge in [0.05, 0.1) is 5.92 Å². The van der Waals surface area contributed by atoms with Gasteiger partial charge in [-0.15, -0.1) is 0 Å². The number of aliphatic carboxylic acids is 1. The van der Waals surface area contributed by atoms with Gasteiger partial charge >= 0.3 is 5.97 Å². The standard InChI is InChI=1S/C16H17NO3S/c18-12(14-13(21)8-17-15(14)16(19)20)7-9-5-10-3-1-2-4-11(10)6-9/h1-4,9,14-15,17H,5-8H2,(H,19,20)/t14?,15-/m0/s1. The first-order valence-electron chi connectivity index (χ1n) is 7.14. The first-order chi connectivity index (χ1) is 10.1. The molecule has 1 aliphatic heterocycles. The molecular formula is C16H17NO3S. The zero-order chi connectivity index (χ0) is 15.0. The third-order valence-corrected chi connectivity index (χ3v) is 4.81. The highest BCUT2D eigenvalue weighted by atomic mass is 32.1. The van der Waals surface area contributed by atoms with Crippen molar-refractivity contribution in [2.45, 2.75) is 25.3 Å². The van der Waals surface area contributed by atoms with Crippen LogP contribution in [0.25, 0.3) is 0 Å². The van der Waals surface area contributed by atoms with Crippen molar-refractivity contribution in [2.24, 2.45) is 11.8 Å². The molecule has 1 unspecified atom stereocenters. The SMILES string of the molecule is O=C(CC1Cc2ccccc2C1)C1C(=S)CN[C@@H]1C(=O)O. The van der Waals surface area contributed by atoms with E-state index in [2.05, 4.69) is 17.4 Å². The molecule has 3 rings (SSSR count). The third-order valence-electron chi connectivity index (χ3n) is 4.41. The smallest absolute Gasteiger partial charge is 0.321 e. The zero-order valence-electron chi connectivity index (χ0n) is 11.5. The lowest BCUT2D eigenvalue weighted by atomic mass is 9.88. The fourth-order valence-corrected chi connectivity index (χ4v) is 3.78. The summed E-state index contributed by atoms with van der Waals surface area (Å²) in [6.45, 7) is 0.341. The van der Waals surface area contributed by atoms with Gasteiger partial charge in [0, 0.05) is 17.8 Å². The van der Waals surface area contributed by atoms with Crippen LogP contribution < -0.4 is 5.32 Å². The second-order valence-electron chi connectivity index (χ2n) is 5.85. The van der Waals surface area contributed by atoms with Crippen LogP contribution in [-0.2, 0) is 22.4 Å². The summed E-state index contributed by atoms with van der Waals surface area (Å²) in [5, 5.41) is 12.0. The molecule has 0 saturated carbocycles. The average Bonchev–Trinajstić information content (AvgIpc) is 3.01. The van der Waals surface area contributed by atoms with Crippen molar-refractivity contribution >= 4 is 28.8 Å². The molecule has 1 fully saturated rings. The molecule has 0 aromatic heterocycles. The van der Waals surface area contributed by atoms with E-state index in [4.69, 9.17) is 12.2 Å². The largest absolute Gasteiger partial charge is 0.480 e. The molecule has 0 amide bonds. The quantitative estimate of drug-likeness (QED) is 0.823. The molecule has 0 spiro atoms. The van der Waals surface area contributed by atoms with E-state index in [0.717, 1.165) is 12.8 Å². The van der Waals surface area contributed by atoms with Gasteiger partial charge in [0.2, 0.25) is 0 Å². The number of thiocarbonyl (C=S) groups is 1. The maximum atomic E-state index is 12.5. The molecule has 21 heavy (non-hydrogen) atoms. The molecule has 2 atom stereocenters. The van der Waals surface area contributed by atoms with Gasteiger partial charge < -0.3 is 5.11 Å². The Hall–Kier alpha value is -1.59. The van der Waals surface area contributed by atoms with E-state index in [9.17, 15) is 14.7 Å². The molecule has 0 radical (unpaired) electrons. The van der Waals surface area contributed by atoms with E-state index in [1.165, 1.54) is 11.1 Å². The van der Waals surface area contributed by atoms with Gasteiger partial charge in [-0.2, -0.15) is 0 Å². The minimum atomic E-state index is -0.997. The molecule has 1 aliphatic carbocycles. The van der Waals surface area contributed by atoms with Crippen molar-refractivity contribution in [1.29, 1.82) is 0 Å². The molecule has 1 aromatic carbocycles. The van der Waals surface area contributed by atoms with Crippen LogP contribution in [0.3, 0.4) is 0 Å². The normalized spacial score (nSPS) is 25.0. The Labute approximate surface area is 128 Å². The van der Waals surface area contributed by atoms with Gasteiger partial charge in [-0.1, -0.05) is 36.5 Å². The number of fused-ring (bicyclic) bond motifs is 1. The van der Waals surface area contributed by atoms with Gasteiger partial charge in [0.1, 0.15) is 11.8 Å². The van der Waals surface area contributed by atoms with Crippen LogP contribution in [0.15, 0.2) is 24.3 Å². The number of ketones is 1. The van der Waals surface area contributed by atoms with Crippen molar-refractivity contribution in [1.82, 2.24) is 5.32 Å². The molecule has 2 N–H and O–H groups in total. The predicted molar refractivity (Wildman–Crippen MR) is 82.5 cm³/mol. The fourth-order valence-electron chi connectivity index (χ4n) is 3.43. The molecule has 1 aromatic rings. The topological polar surface area (TPSA) is 66.4 Å². The van der Waals surface area contributed by atoms with Crippen molar-refractivity contribution in [3.63, 3.8) is 0 Å². The Morgan fingerprint density at radius 3 is 2.43 bits per heavy atom. The van der Waals surface area contributed by atoms with Crippen molar-refractivity contribution in [3.05, 3.63) is 35.4 Å². The van der Waals surface area contributed by atoms with Gasteiger partial charge in [-0.25, -0.2) is 0 Å². The van der Waals surface area contributed by atoms with Crippen LogP contribution in [0, 0.1) is 11.8 Å². The number of rotatable bonds is 4. The number of hydrogen-bond donors (Lipinski definition) is 2. The number of benzene rings is 1. The first kappa shape index (κ1) is 14.4. The average molecular weight is 303 g/mol. The fraction of sp³-hybridized carbons (Fsp3) is 0.438. The molecule has 0 bridgehead atoms. The summed E-state index contributed by atoms with van der Waals surface area (Å²) in [7, 11) is 0. The van der Waals surface area contributed by atoms with Gasteiger partial charge in [-0.05, 0) is 29.9 Å². The number of nitrogens with one attached hydrogen (secondary N) is 1. The summed E-state index contributed by atoms with van der Waals surface area (Å²) in [5.41, 5.74) is 2.61. The Morgan fingerprint density at radius 1 is 1.24 bits per heavy atom. The molecule has 1 heterocycles. The van der Waals surface area contributed by atoms with Crippen LogP contribution in [0.4, 0.5) is 0 Å². The lowest BCUT2D eigenvalue weighted by molar-refractivity contribution is -0.142. The lowest BCUT2D eigenvalue weighted by Crippen LogP contribution is -2.40. The van der Waals surface area contributed by atoms with Crippen molar-refractivity contribution in [2.75, 3.05) is 6.54 Å². The van der Waals surface area contributed by atoms with Crippen LogP contribution in [0.5, 0.6) is 0 Å². The lowest BCUT2D eigenvalue weighted by Gasteiger charge is -2.16. The number of carbonyl (C=O) groups is 2. The summed E-state index contributed by atoms with van der Waals surface area (Å²) >= 11 is 5.18. The highest BCUT2D eigenvalue weighted by Crippen LogP contribution is 2.30. The Kier molecular flexibility index (Phi) is 3.87. The first-order valence-corrected chi connectivity index (χ1v) is 7.55. The summed E-state index contributed by atoms with van der Waals surface area (Å²) in [6, 6.07) is 7.37. The molecule has 110 valence electrons. The highest BCUT2D eigenvalue weighted by Gasteiger charge is 2.41. The number of Topliss-reactive ketones (excluding diaryl/α,β-unsaturated/α-hetero) is 1. The van der Waals surface area contributed by atoms with E-state index >= 15 is 0 Å². The number of hydrogen-bond acceptors (Lipinski definition) is 4. The summed E-state index contributed by atoms with van der Waals surface area (Å²) in [5.74, 6) is -1.41. The number of carbonyl (C=O) groups excluding carboxylic acids is 1. The number of carboxylic acids is 1. The van der Waals surface area contributed by atoms with E-state index < -0.39 is 17.9 Å². The molecule has 5 heteroatoms. The maximum absolute atomic E-state index is 12.5. The minimum Gasteiger partial charge on any atom is -0.480 e. The van der Waals surface area contributed by atoms with Crippen LogP contribution in [0.1, 0.15) is 17.5 Å². The second kappa shape index (κ2) is 5.66. The zero-order valence-corrected chi connectivity index (χ0v) is 12.4. The monoisotopic (exact) mass is 303 g/mol. The van der Waals surface area contributed by atoms with E-state index in [1.54, 1.807) is 0 Å². The summed E-state index contributed by atoms with van der Waals surface area (Å²) in [6.07, 6.45) is 2.20. The van der Waals surface area contributed by atoms with Gasteiger partial charge in [0.15, 0.2) is 0 Å². The minimum absolute atomic E-state index is 0.0322. The van der Waals surface area contributed by atoms with Crippen LogP contribution >= 0.6 is 12.2 Å². The molecule has 2 aliphatic rings. The molecular weight excluding hydrogens is 286 g/mol. The Morgan fingerprint density at radius 2 is 1.86 bits per heavy atom. The second-order valence-corrected chi connectivity index (χ2v) is 6.38. The summed E-state index contributed by atoms with van der Waals surface area (Å²) in [4.78, 5) is 24.2. The van der Waals surface area contributed by atoms with Crippen LogP contribution in [-0.4, -0.2) is 34.3 Å². The van der Waals surface area contributed by atoms with Crippen molar-refractivity contribution < 1.29 is 14.7 Å². The van der Waals surface area contributed by atoms with Gasteiger partial charge in [0.25, 0.3) is 0 Å². The molecule has 4 nitrogen and oxygen atoms in total. The Bertz CT molecular complexity index is 588. The number of carboxylic acid groups (broad SMARTS) is 1. The van der Waals surface area contributed by atoms with Crippen LogP contribution in [0.2, 0.25) is 0 Å². The highest BCUT2D eigenvalue weighted by molar-refractivity contribution is 7.80.